The lowest BCUT2D eigenvalue weighted by molar-refractivity contribution is -0.0811. The normalized spacial score (nSPS) is 22.4. The van der Waals surface area contributed by atoms with Crippen LogP contribution in [0, 0.1) is 0 Å². The minimum Gasteiger partial charge on any atom is -0.394 e. The minimum absolute atomic E-state index is 0.0949. The van der Waals surface area contributed by atoms with Gasteiger partial charge < -0.3 is 14.7 Å². The van der Waals surface area contributed by atoms with Crippen LogP contribution in [0.2, 0.25) is 5.02 Å². The zero-order chi connectivity index (χ0) is 18.8. The zero-order valence-corrected chi connectivity index (χ0v) is 15.9. The molecule has 5 nitrogen and oxygen atoms in total. The van der Waals surface area contributed by atoms with Gasteiger partial charge in [0.2, 0.25) is 0 Å². The number of morpholine rings is 1. The molecule has 2 atom stereocenters. The molecular weight excluding hydrogens is 364 g/mol. The molecule has 1 aromatic carbocycles. The molecule has 0 bridgehead atoms. The largest absolute Gasteiger partial charge is 0.394 e. The Morgan fingerprint density at radius 1 is 1.30 bits per heavy atom. The molecule has 0 saturated carbocycles. The van der Waals surface area contributed by atoms with Crippen molar-refractivity contribution in [3.8, 4) is 0 Å². The molecule has 1 aromatic heterocycles. The SMILES string of the molecule is O=C(c1cnc2c(c1)CCCC2)N1CCO[C@@H](CO)[C@@H]1c1ccccc1Cl. The van der Waals surface area contributed by atoms with Gasteiger partial charge in [0, 0.05) is 23.5 Å². The first kappa shape index (κ1) is 18.4. The average Bonchev–Trinajstić information content (AvgIpc) is 2.72. The van der Waals surface area contributed by atoms with Gasteiger partial charge in [-0.05, 0) is 48.9 Å². The molecule has 6 heteroatoms. The molecule has 1 amide bonds. The Kier molecular flexibility index (Phi) is 5.43. The van der Waals surface area contributed by atoms with E-state index in [9.17, 15) is 9.90 Å². The summed E-state index contributed by atoms with van der Waals surface area (Å²) < 4.78 is 5.74. The van der Waals surface area contributed by atoms with Crippen molar-refractivity contribution in [2.24, 2.45) is 0 Å². The summed E-state index contributed by atoms with van der Waals surface area (Å²) in [5.41, 5.74) is 3.66. The number of aliphatic hydroxyl groups excluding tert-OH is 1. The second-order valence-electron chi connectivity index (χ2n) is 7.09. The molecule has 2 heterocycles. The average molecular weight is 387 g/mol. The van der Waals surface area contributed by atoms with Gasteiger partial charge in [-0.3, -0.25) is 9.78 Å². The first-order chi connectivity index (χ1) is 13.2. The van der Waals surface area contributed by atoms with E-state index < -0.39 is 12.1 Å². The van der Waals surface area contributed by atoms with Crippen LogP contribution in [0.3, 0.4) is 0 Å². The van der Waals surface area contributed by atoms with Gasteiger partial charge in [0.25, 0.3) is 5.91 Å². The van der Waals surface area contributed by atoms with E-state index >= 15 is 0 Å². The number of carbonyl (C=O) groups excluding carboxylic acids is 1. The fourth-order valence-corrected chi connectivity index (χ4v) is 4.32. The van der Waals surface area contributed by atoms with E-state index in [1.807, 2.05) is 24.3 Å². The van der Waals surface area contributed by atoms with Crippen molar-refractivity contribution in [3.05, 3.63) is 63.9 Å². The van der Waals surface area contributed by atoms with Gasteiger partial charge in [0.15, 0.2) is 0 Å². The molecule has 4 rings (SSSR count). The Labute approximate surface area is 163 Å². The van der Waals surface area contributed by atoms with Crippen molar-refractivity contribution in [1.82, 2.24) is 9.88 Å². The highest BCUT2D eigenvalue weighted by Gasteiger charge is 2.37. The molecular formula is C21H23ClN2O3. The molecule has 0 spiro atoms. The molecule has 142 valence electrons. The van der Waals surface area contributed by atoms with Crippen molar-refractivity contribution in [2.45, 2.75) is 37.8 Å². The second kappa shape index (κ2) is 7.97. The molecule has 0 unspecified atom stereocenters. The smallest absolute Gasteiger partial charge is 0.256 e. The Bertz CT molecular complexity index is 842. The Morgan fingerprint density at radius 2 is 2.11 bits per heavy atom. The summed E-state index contributed by atoms with van der Waals surface area (Å²) in [7, 11) is 0. The van der Waals surface area contributed by atoms with E-state index in [1.54, 1.807) is 17.2 Å². The van der Waals surface area contributed by atoms with Crippen molar-refractivity contribution in [3.63, 3.8) is 0 Å². The molecule has 27 heavy (non-hydrogen) atoms. The number of hydrogen-bond acceptors (Lipinski definition) is 4. The maximum absolute atomic E-state index is 13.3. The van der Waals surface area contributed by atoms with Crippen LogP contribution in [0.4, 0.5) is 0 Å². The molecule has 2 aliphatic rings. The number of amides is 1. The third kappa shape index (κ3) is 3.59. The van der Waals surface area contributed by atoms with Gasteiger partial charge in [-0.1, -0.05) is 29.8 Å². The fourth-order valence-electron chi connectivity index (χ4n) is 4.07. The fraction of sp³-hybridized carbons (Fsp3) is 0.429. The number of rotatable bonds is 3. The van der Waals surface area contributed by atoms with E-state index in [2.05, 4.69) is 4.98 Å². The molecule has 2 aromatic rings. The number of nitrogens with zero attached hydrogens (tertiary/aromatic N) is 2. The molecule has 0 radical (unpaired) electrons. The second-order valence-corrected chi connectivity index (χ2v) is 7.50. The highest BCUT2D eigenvalue weighted by molar-refractivity contribution is 6.31. The van der Waals surface area contributed by atoms with E-state index in [4.69, 9.17) is 16.3 Å². The number of aromatic nitrogens is 1. The number of hydrogen-bond donors (Lipinski definition) is 1. The Morgan fingerprint density at radius 3 is 2.93 bits per heavy atom. The van der Waals surface area contributed by atoms with Crippen LogP contribution in [-0.4, -0.2) is 46.8 Å². The van der Waals surface area contributed by atoms with Crippen molar-refractivity contribution in [1.29, 1.82) is 0 Å². The number of benzene rings is 1. The van der Waals surface area contributed by atoms with Crippen molar-refractivity contribution in [2.75, 3.05) is 19.8 Å². The van der Waals surface area contributed by atoms with Crippen molar-refractivity contribution >= 4 is 17.5 Å². The lowest BCUT2D eigenvalue weighted by Crippen LogP contribution is -2.49. The zero-order valence-electron chi connectivity index (χ0n) is 15.1. The van der Waals surface area contributed by atoms with E-state index in [-0.39, 0.29) is 12.5 Å². The van der Waals surface area contributed by atoms with Crippen molar-refractivity contribution < 1.29 is 14.6 Å². The summed E-state index contributed by atoms with van der Waals surface area (Å²) in [6.07, 6.45) is 5.42. The summed E-state index contributed by atoms with van der Waals surface area (Å²) in [4.78, 5) is 19.6. The summed E-state index contributed by atoms with van der Waals surface area (Å²) in [6.45, 7) is 0.653. The lowest BCUT2D eigenvalue weighted by Gasteiger charge is -2.41. The first-order valence-corrected chi connectivity index (χ1v) is 9.82. The third-order valence-corrected chi connectivity index (χ3v) is 5.78. The van der Waals surface area contributed by atoms with Crippen LogP contribution in [0.25, 0.3) is 0 Å². The Hall–Kier alpha value is -1.95. The monoisotopic (exact) mass is 386 g/mol. The summed E-state index contributed by atoms with van der Waals surface area (Å²) in [5, 5.41) is 10.4. The lowest BCUT2D eigenvalue weighted by atomic mass is 9.94. The van der Waals surface area contributed by atoms with Crippen LogP contribution in [0.5, 0.6) is 0 Å². The predicted octanol–water partition coefficient (Wildman–Crippen LogP) is 3.19. The predicted molar refractivity (Wildman–Crippen MR) is 103 cm³/mol. The number of pyridine rings is 1. The van der Waals surface area contributed by atoms with E-state index in [0.29, 0.717) is 23.7 Å². The number of carbonyl (C=O) groups is 1. The van der Waals surface area contributed by atoms with E-state index in [0.717, 1.165) is 36.9 Å². The highest BCUT2D eigenvalue weighted by Crippen LogP contribution is 2.35. The van der Waals surface area contributed by atoms with Crippen LogP contribution in [0.1, 0.15) is 46.1 Å². The molecule has 1 saturated heterocycles. The van der Waals surface area contributed by atoms with Gasteiger partial charge in [0.1, 0.15) is 6.10 Å². The van der Waals surface area contributed by atoms with Crippen LogP contribution in [0.15, 0.2) is 36.5 Å². The van der Waals surface area contributed by atoms with Crippen LogP contribution < -0.4 is 0 Å². The first-order valence-electron chi connectivity index (χ1n) is 9.44. The summed E-state index contributed by atoms with van der Waals surface area (Å²) in [5.74, 6) is -0.0949. The maximum atomic E-state index is 13.3. The van der Waals surface area contributed by atoms with Gasteiger partial charge in [-0.25, -0.2) is 0 Å². The van der Waals surface area contributed by atoms with Crippen LogP contribution in [-0.2, 0) is 17.6 Å². The molecule has 1 N–H and O–H groups in total. The highest BCUT2D eigenvalue weighted by atomic mass is 35.5. The number of aliphatic hydroxyl groups is 1. The molecule has 1 aliphatic carbocycles. The maximum Gasteiger partial charge on any atom is 0.256 e. The molecule has 1 fully saturated rings. The number of ether oxygens (including phenoxy) is 1. The summed E-state index contributed by atoms with van der Waals surface area (Å²) in [6, 6.07) is 8.97. The minimum atomic E-state index is -0.506. The van der Waals surface area contributed by atoms with E-state index in [1.165, 1.54) is 5.56 Å². The number of fused-ring (bicyclic) bond motifs is 1. The topological polar surface area (TPSA) is 62.7 Å². The number of halogens is 1. The molecule has 1 aliphatic heterocycles. The summed E-state index contributed by atoms with van der Waals surface area (Å²) >= 11 is 6.40. The van der Waals surface area contributed by atoms with Gasteiger partial charge in [-0.15, -0.1) is 0 Å². The van der Waals surface area contributed by atoms with Crippen LogP contribution >= 0.6 is 11.6 Å². The Balaban J connectivity index is 1.69. The standard InChI is InChI=1S/C21H23ClN2O3/c22-17-7-3-2-6-16(17)20-19(13-25)27-10-9-24(20)21(26)15-11-14-5-1-4-8-18(14)23-12-15/h2-3,6-7,11-12,19-20,25H,1,4-5,8-10,13H2/t19-,20-/m0/s1. The van der Waals surface area contributed by atoms with Gasteiger partial charge in [0.05, 0.1) is 24.8 Å². The quantitative estimate of drug-likeness (QED) is 0.880. The third-order valence-electron chi connectivity index (χ3n) is 5.43. The van der Waals surface area contributed by atoms with Gasteiger partial charge in [-0.2, -0.15) is 0 Å². The number of aryl methyl sites for hydroxylation is 2. The van der Waals surface area contributed by atoms with Gasteiger partial charge >= 0.3 is 0 Å².